The Labute approximate surface area is 147 Å². The molecular formula is C19H22N2O2S. The second-order valence-corrected chi connectivity index (χ2v) is 7.16. The molecule has 4 nitrogen and oxygen atoms in total. The Morgan fingerprint density at radius 2 is 1.71 bits per heavy atom. The van der Waals surface area contributed by atoms with Crippen LogP contribution >= 0.6 is 12.2 Å². The van der Waals surface area contributed by atoms with E-state index < -0.39 is 0 Å². The van der Waals surface area contributed by atoms with E-state index in [4.69, 9.17) is 12.2 Å². The standard InChI is InChI=1S/C19H22N2O2S/c1-12-5-7-13(8-6-12)17(23)21-18(24)20-15-11-14(19(2,3)4)9-10-16(15)22/h5-11,22H,1-4H3,(H2,20,21,23,24). The van der Waals surface area contributed by atoms with Crippen LogP contribution < -0.4 is 10.6 Å². The number of phenols is 1. The predicted molar refractivity (Wildman–Crippen MR) is 102 cm³/mol. The maximum absolute atomic E-state index is 12.2. The topological polar surface area (TPSA) is 61.4 Å². The number of thiocarbonyl (C=S) groups is 1. The monoisotopic (exact) mass is 342 g/mol. The molecule has 0 aromatic heterocycles. The molecule has 3 N–H and O–H groups in total. The highest BCUT2D eigenvalue weighted by Crippen LogP contribution is 2.30. The third-order valence-electron chi connectivity index (χ3n) is 3.65. The Morgan fingerprint density at radius 3 is 2.29 bits per heavy atom. The lowest BCUT2D eigenvalue weighted by molar-refractivity contribution is 0.0977. The largest absolute Gasteiger partial charge is 0.506 e. The van der Waals surface area contributed by atoms with Crippen molar-refractivity contribution in [3.8, 4) is 5.75 Å². The fraction of sp³-hybridized carbons (Fsp3) is 0.263. The van der Waals surface area contributed by atoms with Crippen LogP contribution in [0.1, 0.15) is 42.3 Å². The van der Waals surface area contributed by atoms with Crippen LogP contribution in [0.4, 0.5) is 5.69 Å². The molecule has 0 aliphatic carbocycles. The van der Waals surface area contributed by atoms with E-state index in [0.717, 1.165) is 11.1 Å². The highest BCUT2D eigenvalue weighted by molar-refractivity contribution is 7.80. The van der Waals surface area contributed by atoms with Gasteiger partial charge in [-0.05, 0) is 54.4 Å². The third-order valence-corrected chi connectivity index (χ3v) is 3.86. The molecule has 0 bridgehead atoms. The number of nitrogens with one attached hydrogen (secondary N) is 2. The molecule has 2 rings (SSSR count). The van der Waals surface area contributed by atoms with Gasteiger partial charge in [0.2, 0.25) is 0 Å². The van der Waals surface area contributed by atoms with Crippen molar-refractivity contribution in [3.63, 3.8) is 0 Å². The van der Waals surface area contributed by atoms with Crippen LogP contribution in [0.2, 0.25) is 0 Å². The maximum atomic E-state index is 12.2. The number of carbonyl (C=O) groups excluding carboxylic acids is 1. The van der Waals surface area contributed by atoms with Crippen molar-refractivity contribution >= 4 is 28.9 Å². The van der Waals surface area contributed by atoms with Gasteiger partial charge in [0.1, 0.15) is 5.75 Å². The molecule has 24 heavy (non-hydrogen) atoms. The molecule has 0 heterocycles. The van der Waals surface area contributed by atoms with Crippen molar-refractivity contribution in [2.24, 2.45) is 0 Å². The second kappa shape index (κ2) is 7.01. The van der Waals surface area contributed by atoms with E-state index in [0.29, 0.717) is 11.3 Å². The number of benzene rings is 2. The van der Waals surface area contributed by atoms with Crippen LogP contribution in [0.5, 0.6) is 5.75 Å². The van der Waals surface area contributed by atoms with Gasteiger partial charge >= 0.3 is 0 Å². The summed E-state index contributed by atoms with van der Waals surface area (Å²) in [5.74, 6) is -0.214. The molecule has 0 radical (unpaired) electrons. The summed E-state index contributed by atoms with van der Waals surface area (Å²) < 4.78 is 0. The molecule has 0 atom stereocenters. The average Bonchev–Trinajstić information content (AvgIpc) is 2.48. The molecule has 2 aromatic rings. The van der Waals surface area contributed by atoms with Gasteiger partial charge in [0, 0.05) is 5.56 Å². The van der Waals surface area contributed by atoms with Crippen LogP contribution in [0.3, 0.4) is 0 Å². The highest BCUT2D eigenvalue weighted by atomic mass is 32.1. The quantitative estimate of drug-likeness (QED) is 0.567. The summed E-state index contributed by atoms with van der Waals surface area (Å²) in [5, 5.41) is 15.6. The van der Waals surface area contributed by atoms with E-state index in [-0.39, 0.29) is 22.2 Å². The van der Waals surface area contributed by atoms with Gasteiger partial charge < -0.3 is 10.4 Å². The summed E-state index contributed by atoms with van der Waals surface area (Å²) in [4.78, 5) is 12.2. The highest BCUT2D eigenvalue weighted by Gasteiger charge is 2.16. The molecule has 0 fully saturated rings. The summed E-state index contributed by atoms with van der Waals surface area (Å²) in [6, 6.07) is 12.5. The lowest BCUT2D eigenvalue weighted by atomic mass is 9.87. The van der Waals surface area contributed by atoms with Gasteiger partial charge in [-0.1, -0.05) is 44.5 Å². The zero-order valence-corrected chi connectivity index (χ0v) is 15.1. The minimum atomic E-state index is -0.293. The summed E-state index contributed by atoms with van der Waals surface area (Å²) in [7, 11) is 0. The normalized spacial score (nSPS) is 11.0. The Morgan fingerprint density at radius 1 is 1.08 bits per heavy atom. The van der Waals surface area contributed by atoms with Crippen molar-refractivity contribution < 1.29 is 9.90 Å². The van der Waals surface area contributed by atoms with Crippen LogP contribution in [0.15, 0.2) is 42.5 Å². The number of aryl methyl sites for hydroxylation is 1. The first-order valence-electron chi connectivity index (χ1n) is 7.69. The van der Waals surface area contributed by atoms with E-state index >= 15 is 0 Å². The van der Waals surface area contributed by atoms with Crippen molar-refractivity contribution in [2.45, 2.75) is 33.1 Å². The molecule has 126 valence electrons. The van der Waals surface area contributed by atoms with Crippen LogP contribution in [0.25, 0.3) is 0 Å². The number of phenolic OH excluding ortho intramolecular Hbond substituents is 1. The van der Waals surface area contributed by atoms with E-state index in [1.165, 1.54) is 0 Å². The lowest BCUT2D eigenvalue weighted by Crippen LogP contribution is -2.34. The second-order valence-electron chi connectivity index (χ2n) is 6.76. The number of anilines is 1. The van der Waals surface area contributed by atoms with Gasteiger partial charge in [-0.15, -0.1) is 0 Å². The lowest BCUT2D eigenvalue weighted by Gasteiger charge is -2.21. The van der Waals surface area contributed by atoms with Crippen molar-refractivity contribution in [1.29, 1.82) is 0 Å². The Hall–Kier alpha value is -2.40. The van der Waals surface area contributed by atoms with E-state index in [1.807, 2.05) is 31.2 Å². The Balaban J connectivity index is 2.09. The van der Waals surface area contributed by atoms with Gasteiger partial charge in [0.25, 0.3) is 5.91 Å². The predicted octanol–water partition coefficient (Wildman–Crippen LogP) is 4.12. The summed E-state index contributed by atoms with van der Waals surface area (Å²) in [5.41, 5.74) is 3.07. The molecule has 0 aliphatic rings. The number of hydrogen-bond donors (Lipinski definition) is 3. The van der Waals surface area contributed by atoms with Gasteiger partial charge in [-0.3, -0.25) is 10.1 Å². The number of carbonyl (C=O) groups is 1. The third kappa shape index (κ3) is 4.55. The molecule has 5 heteroatoms. The van der Waals surface area contributed by atoms with E-state index in [9.17, 15) is 9.90 Å². The fourth-order valence-electron chi connectivity index (χ4n) is 2.14. The summed E-state index contributed by atoms with van der Waals surface area (Å²) in [6.45, 7) is 8.21. The van der Waals surface area contributed by atoms with Crippen molar-refractivity contribution in [2.75, 3.05) is 5.32 Å². The van der Waals surface area contributed by atoms with Crippen molar-refractivity contribution in [1.82, 2.24) is 5.32 Å². The molecule has 0 saturated carbocycles. The summed E-state index contributed by atoms with van der Waals surface area (Å²) >= 11 is 5.18. The van der Waals surface area contributed by atoms with Gasteiger partial charge in [-0.25, -0.2) is 0 Å². The zero-order valence-electron chi connectivity index (χ0n) is 14.3. The molecule has 0 spiro atoms. The van der Waals surface area contributed by atoms with Gasteiger partial charge in [-0.2, -0.15) is 0 Å². The number of hydrogen-bond acceptors (Lipinski definition) is 3. The minimum absolute atomic E-state index is 0.0586. The first kappa shape index (κ1) is 17.9. The Bertz CT molecular complexity index is 762. The first-order valence-corrected chi connectivity index (χ1v) is 8.10. The van der Waals surface area contributed by atoms with Gasteiger partial charge in [0.15, 0.2) is 5.11 Å². The molecule has 0 saturated heterocycles. The fourth-order valence-corrected chi connectivity index (χ4v) is 2.34. The van der Waals surface area contributed by atoms with E-state index in [2.05, 4.69) is 31.4 Å². The molecule has 2 aromatic carbocycles. The maximum Gasteiger partial charge on any atom is 0.257 e. The van der Waals surface area contributed by atoms with Crippen LogP contribution in [-0.2, 0) is 5.41 Å². The van der Waals surface area contributed by atoms with E-state index in [1.54, 1.807) is 18.2 Å². The zero-order chi connectivity index (χ0) is 17.9. The molecule has 1 amide bonds. The smallest absolute Gasteiger partial charge is 0.257 e. The number of amides is 1. The first-order chi connectivity index (χ1) is 11.2. The molecule has 0 aliphatic heterocycles. The average molecular weight is 342 g/mol. The molecular weight excluding hydrogens is 320 g/mol. The Kier molecular flexibility index (Phi) is 5.24. The SMILES string of the molecule is Cc1ccc(C(=O)NC(=S)Nc2cc(C(C)(C)C)ccc2O)cc1. The minimum Gasteiger partial charge on any atom is -0.506 e. The van der Waals surface area contributed by atoms with Gasteiger partial charge in [0.05, 0.1) is 5.69 Å². The van der Waals surface area contributed by atoms with Crippen LogP contribution in [-0.4, -0.2) is 16.1 Å². The summed E-state index contributed by atoms with van der Waals surface area (Å²) in [6.07, 6.45) is 0. The van der Waals surface area contributed by atoms with Crippen molar-refractivity contribution in [3.05, 3.63) is 59.2 Å². The number of aromatic hydroxyl groups is 1. The molecule has 0 unspecified atom stereocenters. The number of rotatable bonds is 2. The van der Waals surface area contributed by atoms with Crippen LogP contribution in [0, 0.1) is 6.92 Å².